The number of rotatable bonds is 2. The van der Waals surface area contributed by atoms with Crippen molar-refractivity contribution in [2.75, 3.05) is 12.3 Å². The fourth-order valence-corrected chi connectivity index (χ4v) is 2.35. The van der Waals surface area contributed by atoms with Crippen molar-refractivity contribution in [2.24, 2.45) is 0 Å². The van der Waals surface area contributed by atoms with E-state index in [0.29, 0.717) is 13.0 Å². The van der Waals surface area contributed by atoms with Gasteiger partial charge in [0.1, 0.15) is 11.5 Å². The van der Waals surface area contributed by atoms with Gasteiger partial charge in [-0.05, 0) is 28.8 Å². The molecule has 0 aliphatic carbocycles. The van der Waals surface area contributed by atoms with E-state index in [1.165, 1.54) is 0 Å². The fraction of sp³-hybridized carbons (Fsp3) is 0.500. The van der Waals surface area contributed by atoms with Crippen LogP contribution in [0.15, 0.2) is 10.5 Å². The maximum absolute atomic E-state index is 13.9. The smallest absolute Gasteiger partial charge is 0.293 e. The van der Waals surface area contributed by atoms with Gasteiger partial charge in [-0.3, -0.25) is 10.1 Å². The van der Waals surface area contributed by atoms with Crippen molar-refractivity contribution < 1.29 is 14.1 Å². The zero-order chi connectivity index (χ0) is 14.6. The van der Waals surface area contributed by atoms with Crippen molar-refractivity contribution in [2.45, 2.75) is 32.8 Å². The van der Waals surface area contributed by atoms with Crippen LogP contribution in [0.1, 0.15) is 38.4 Å². The Morgan fingerprint density at radius 1 is 1.58 bits per heavy atom. The van der Waals surface area contributed by atoms with Gasteiger partial charge < -0.3 is 10.5 Å². The first-order valence-corrected chi connectivity index (χ1v) is 6.85. The minimum atomic E-state index is -0.627. The van der Waals surface area contributed by atoms with Gasteiger partial charge in [0.25, 0.3) is 5.69 Å². The van der Waals surface area contributed by atoms with E-state index in [2.05, 4.69) is 15.9 Å². The van der Waals surface area contributed by atoms with Crippen molar-refractivity contribution in [3.05, 3.63) is 32.0 Å². The third-order valence-corrected chi connectivity index (χ3v) is 3.30. The highest BCUT2D eigenvalue weighted by Crippen LogP contribution is 2.41. The fourth-order valence-electron chi connectivity index (χ4n) is 1.92. The van der Waals surface area contributed by atoms with Gasteiger partial charge in [-0.15, -0.1) is 0 Å². The largest absolute Gasteiger partial charge is 0.393 e. The van der Waals surface area contributed by atoms with Crippen LogP contribution in [0.2, 0.25) is 0 Å². The van der Waals surface area contributed by atoms with Crippen LogP contribution in [0.25, 0.3) is 0 Å². The molecule has 0 amide bonds. The van der Waals surface area contributed by atoms with Gasteiger partial charge in [-0.1, -0.05) is 13.8 Å². The Morgan fingerprint density at radius 2 is 2.21 bits per heavy atom. The number of hydrogen-bond donors (Lipinski definition) is 1. The van der Waals surface area contributed by atoms with E-state index in [1.54, 1.807) is 0 Å². The highest BCUT2D eigenvalue weighted by atomic mass is 79.9. The predicted octanol–water partition coefficient (Wildman–Crippen LogP) is 3.96. The molecule has 2 N–H and O–H groups in total. The average molecular weight is 335 g/mol. The molecule has 1 aromatic rings. The molecule has 2 rings (SSSR count). The number of hydrogen-bond acceptors (Lipinski definition) is 4. The molecule has 1 unspecified atom stereocenters. The van der Waals surface area contributed by atoms with E-state index in [0.717, 1.165) is 12.5 Å². The lowest BCUT2D eigenvalue weighted by atomic mass is 10.0. The van der Waals surface area contributed by atoms with Crippen LogP contribution in [0.3, 0.4) is 0 Å². The molecule has 0 radical (unpaired) electrons. The predicted molar refractivity (Wildman–Crippen MR) is 74.4 cm³/mol. The quantitative estimate of drug-likeness (QED) is 0.504. The zero-order valence-electron chi connectivity index (χ0n) is 10.8. The van der Waals surface area contributed by atoms with Gasteiger partial charge in [0, 0.05) is 18.2 Å². The molecule has 1 heterocycles. The number of nitrogen functional groups attached to an aromatic ring is 1. The molecule has 5 nitrogen and oxygen atoms in total. The molecule has 19 heavy (non-hydrogen) atoms. The Morgan fingerprint density at radius 3 is 2.68 bits per heavy atom. The summed E-state index contributed by atoms with van der Waals surface area (Å²) in [6, 6.07) is 1.07. The monoisotopic (exact) mass is 334 g/mol. The van der Waals surface area contributed by atoms with Crippen LogP contribution in [-0.4, -0.2) is 11.5 Å². The Bertz CT molecular complexity index is 477. The number of nitro groups is 1. The maximum atomic E-state index is 13.9. The first-order chi connectivity index (χ1) is 9.02. The summed E-state index contributed by atoms with van der Waals surface area (Å²) < 4.78 is 19.3. The summed E-state index contributed by atoms with van der Waals surface area (Å²) in [5, 5.41) is 10.8. The van der Waals surface area contributed by atoms with Crippen LogP contribution in [0.4, 0.5) is 15.8 Å². The molecule has 0 bridgehead atoms. The van der Waals surface area contributed by atoms with Crippen molar-refractivity contribution in [1.29, 1.82) is 0 Å². The molecule has 1 atom stereocenters. The second kappa shape index (κ2) is 6.81. The Balaban J connectivity index is 0.000000861. The van der Waals surface area contributed by atoms with Gasteiger partial charge in [0.2, 0.25) is 0 Å². The first-order valence-electron chi connectivity index (χ1n) is 6.05. The second-order valence-corrected chi connectivity index (χ2v) is 4.63. The van der Waals surface area contributed by atoms with E-state index in [-0.39, 0.29) is 21.4 Å². The molecule has 0 aromatic heterocycles. The standard InChI is InChI=1S/C10H10BrFN2O3.C2H6/c11-5-4-6(14(15)16)10(13)8(9(5)12)7-2-1-3-17-7;1-2/h4,7H,1-3,13H2;1-2H3. The summed E-state index contributed by atoms with van der Waals surface area (Å²) in [7, 11) is 0. The van der Waals surface area contributed by atoms with Crippen LogP contribution in [-0.2, 0) is 4.74 Å². The number of benzene rings is 1. The molecule has 1 fully saturated rings. The Hall–Kier alpha value is -1.21. The van der Waals surface area contributed by atoms with E-state index in [9.17, 15) is 14.5 Å². The normalized spacial score (nSPS) is 17.8. The van der Waals surface area contributed by atoms with Crippen LogP contribution < -0.4 is 5.73 Å². The third-order valence-electron chi connectivity index (χ3n) is 2.72. The molecular weight excluding hydrogens is 319 g/mol. The van der Waals surface area contributed by atoms with Crippen molar-refractivity contribution in [3.8, 4) is 0 Å². The molecular formula is C12H16BrFN2O3. The highest BCUT2D eigenvalue weighted by molar-refractivity contribution is 9.10. The van der Waals surface area contributed by atoms with E-state index < -0.39 is 16.8 Å². The number of anilines is 1. The number of nitrogens with zero attached hydrogens (tertiary/aromatic N) is 1. The molecule has 106 valence electrons. The van der Waals surface area contributed by atoms with Gasteiger partial charge >= 0.3 is 0 Å². The average Bonchev–Trinajstić information content (AvgIpc) is 2.90. The van der Waals surface area contributed by atoms with Gasteiger partial charge in [0.15, 0.2) is 0 Å². The highest BCUT2D eigenvalue weighted by Gasteiger charge is 2.29. The summed E-state index contributed by atoms with van der Waals surface area (Å²) in [5.41, 5.74) is 5.29. The third kappa shape index (κ3) is 3.22. The number of nitrogens with two attached hydrogens (primary N) is 1. The molecule has 0 saturated carbocycles. The SMILES string of the molecule is CC.Nc1c([N+](=O)[O-])cc(Br)c(F)c1C1CCCO1. The zero-order valence-corrected chi connectivity index (χ0v) is 12.4. The Labute approximate surface area is 119 Å². The molecule has 1 saturated heterocycles. The van der Waals surface area contributed by atoms with Crippen LogP contribution >= 0.6 is 15.9 Å². The number of halogens is 2. The number of nitro benzene ring substituents is 1. The summed E-state index contributed by atoms with van der Waals surface area (Å²) in [6.07, 6.45) is 0.921. The summed E-state index contributed by atoms with van der Waals surface area (Å²) in [6.45, 7) is 4.52. The number of ether oxygens (including phenoxy) is 1. The summed E-state index contributed by atoms with van der Waals surface area (Å²) in [4.78, 5) is 10.2. The first kappa shape index (κ1) is 15.8. The second-order valence-electron chi connectivity index (χ2n) is 3.78. The van der Waals surface area contributed by atoms with E-state index in [4.69, 9.17) is 10.5 Å². The van der Waals surface area contributed by atoms with E-state index >= 15 is 0 Å². The van der Waals surface area contributed by atoms with Gasteiger partial charge in [-0.2, -0.15) is 0 Å². The van der Waals surface area contributed by atoms with E-state index in [1.807, 2.05) is 13.8 Å². The van der Waals surface area contributed by atoms with Gasteiger partial charge in [-0.25, -0.2) is 4.39 Å². The summed E-state index contributed by atoms with van der Waals surface area (Å²) >= 11 is 2.96. The topological polar surface area (TPSA) is 78.4 Å². The van der Waals surface area contributed by atoms with Crippen LogP contribution in [0.5, 0.6) is 0 Å². The lowest BCUT2D eigenvalue weighted by molar-refractivity contribution is -0.384. The lowest BCUT2D eigenvalue weighted by Gasteiger charge is -2.14. The van der Waals surface area contributed by atoms with Gasteiger partial charge in [0.05, 0.1) is 15.5 Å². The van der Waals surface area contributed by atoms with Crippen LogP contribution in [0, 0.1) is 15.9 Å². The molecule has 0 spiro atoms. The van der Waals surface area contributed by atoms with Crippen molar-refractivity contribution in [3.63, 3.8) is 0 Å². The minimum Gasteiger partial charge on any atom is -0.393 e. The molecule has 1 aliphatic rings. The molecule has 1 aliphatic heterocycles. The Kier molecular flexibility index (Phi) is 5.68. The lowest BCUT2D eigenvalue weighted by Crippen LogP contribution is -2.08. The molecule has 7 heteroatoms. The molecule has 1 aromatic carbocycles. The van der Waals surface area contributed by atoms with Crippen molar-refractivity contribution >= 4 is 27.3 Å². The van der Waals surface area contributed by atoms with Crippen molar-refractivity contribution in [1.82, 2.24) is 0 Å². The maximum Gasteiger partial charge on any atom is 0.293 e. The minimum absolute atomic E-state index is 0.0314. The summed E-state index contributed by atoms with van der Waals surface area (Å²) in [5.74, 6) is -0.583.